The molecule has 0 aliphatic carbocycles. The molecule has 0 heterocycles. The van der Waals surface area contributed by atoms with Crippen molar-refractivity contribution >= 4 is 30.9 Å². The van der Waals surface area contributed by atoms with E-state index in [-0.39, 0.29) is 31.6 Å². The molecule has 0 aliphatic rings. The SMILES string of the molecule is CC(C)(C)C([S-])=PC(=[N-])c1ccccc1.Cc1c(C)c(C)[c-](C)c1C.Cc1c(C)c(C)[c-](C)c1C.[Zr]. The molecule has 0 fully saturated rings. The number of nitrogens with zero attached hydrogens (tertiary/aromatic N) is 1. The first-order valence-corrected chi connectivity index (χ1v) is 13.6. The monoisotopic (exact) mass is 595 g/mol. The quantitative estimate of drug-likeness (QED) is 0.125. The van der Waals surface area contributed by atoms with E-state index in [1.54, 1.807) is 0 Å². The molecule has 0 unspecified atom stereocenters. The van der Waals surface area contributed by atoms with E-state index in [1.807, 2.05) is 30.3 Å². The fourth-order valence-corrected chi connectivity index (χ4v) is 4.79. The Labute approximate surface area is 248 Å². The molecule has 36 heavy (non-hydrogen) atoms. The largest absolute Gasteiger partial charge is 0.799 e. The van der Waals surface area contributed by atoms with Gasteiger partial charge in [-0.3, -0.25) is 0 Å². The molecule has 0 atom stereocenters. The van der Waals surface area contributed by atoms with Gasteiger partial charge in [0.05, 0.1) is 0 Å². The Morgan fingerprint density at radius 1 is 0.694 bits per heavy atom. The molecule has 0 aromatic heterocycles. The van der Waals surface area contributed by atoms with Gasteiger partial charge < -0.3 is 18.0 Å². The Hall–Kier alpha value is -1.01. The van der Waals surface area contributed by atoms with Crippen molar-refractivity contribution in [1.82, 2.24) is 0 Å². The van der Waals surface area contributed by atoms with Gasteiger partial charge in [0.25, 0.3) is 0 Å². The van der Waals surface area contributed by atoms with Crippen molar-refractivity contribution in [2.45, 2.75) is 90.0 Å². The van der Waals surface area contributed by atoms with Crippen molar-refractivity contribution in [2.24, 2.45) is 5.41 Å². The third kappa shape index (κ3) is 9.08. The minimum absolute atomic E-state index is 0. The second kappa shape index (κ2) is 14.8. The van der Waals surface area contributed by atoms with Crippen LogP contribution in [0.3, 0.4) is 0 Å². The van der Waals surface area contributed by atoms with E-state index < -0.39 is 0 Å². The predicted molar refractivity (Wildman–Crippen MR) is 164 cm³/mol. The number of hydrogen-bond donors (Lipinski definition) is 0. The topological polar surface area (TPSA) is 22.3 Å². The zero-order valence-electron chi connectivity index (χ0n) is 24.7. The zero-order valence-corrected chi connectivity index (χ0v) is 28.9. The number of hydrogen-bond acceptors (Lipinski definition) is 1. The fourth-order valence-electron chi connectivity index (χ4n) is 3.73. The molecule has 0 saturated heterocycles. The molecule has 4 heteroatoms. The summed E-state index contributed by atoms with van der Waals surface area (Å²) < 4.78 is 0.851. The standard InChI is InChI=1S/C12H15NPS.2C10H15.Zr/c1-12(2,3)11(15)14-10(13)9-7-5-4-6-8-9;2*1-6-7(2)9(4)10(5)8(6)3;/h4-8,15H,1-3H3;2*1-5H3;/q3*-1;/p-1. The molecule has 196 valence electrons. The van der Waals surface area contributed by atoms with Crippen molar-refractivity contribution in [1.29, 1.82) is 0 Å². The van der Waals surface area contributed by atoms with E-state index in [2.05, 4.69) is 90.0 Å². The van der Waals surface area contributed by atoms with Gasteiger partial charge in [0.15, 0.2) is 0 Å². The van der Waals surface area contributed by atoms with E-state index in [1.165, 1.54) is 55.6 Å². The number of benzene rings is 1. The van der Waals surface area contributed by atoms with Crippen molar-refractivity contribution < 1.29 is 26.2 Å². The average molecular weight is 597 g/mol. The van der Waals surface area contributed by atoms with Gasteiger partial charge in [-0.1, -0.05) is 120 Å². The van der Waals surface area contributed by atoms with E-state index in [4.69, 9.17) is 12.6 Å². The zero-order chi connectivity index (χ0) is 27.2. The van der Waals surface area contributed by atoms with Gasteiger partial charge in [-0.05, 0) is 11.0 Å². The smallest absolute Gasteiger partial charge is 0 e. The van der Waals surface area contributed by atoms with Crippen LogP contribution in [0.2, 0.25) is 0 Å². The maximum atomic E-state index is 9.87. The van der Waals surface area contributed by atoms with Gasteiger partial charge in [0.1, 0.15) is 0 Å². The Kier molecular flexibility index (Phi) is 14.4. The van der Waals surface area contributed by atoms with E-state index >= 15 is 0 Å². The molecular weight excluding hydrogens is 553 g/mol. The molecule has 3 rings (SSSR count). The molecule has 0 radical (unpaired) electrons. The maximum Gasteiger partial charge on any atom is 0 e. The Balaban J connectivity index is 0.000000519. The second-order valence-electron chi connectivity index (χ2n) is 10.6. The molecule has 0 saturated carbocycles. The Bertz CT molecular complexity index is 971. The third-order valence-electron chi connectivity index (χ3n) is 7.51. The van der Waals surface area contributed by atoms with Crippen LogP contribution >= 0.6 is 8.20 Å². The van der Waals surface area contributed by atoms with Crippen LogP contribution in [-0.4, -0.2) is 10.1 Å². The van der Waals surface area contributed by atoms with Gasteiger partial charge in [-0.15, -0.1) is 13.7 Å². The molecule has 0 aliphatic heterocycles. The van der Waals surface area contributed by atoms with E-state index in [0.29, 0.717) is 5.45 Å². The Morgan fingerprint density at radius 2 is 1.00 bits per heavy atom. The van der Waals surface area contributed by atoms with E-state index in [9.17, 15) is 5.41 Å². The molecule has 3 aromatic carbocycles. The van der Waals surface area contributed by atoms with Gasteiger partial charge in [0, 0.05) is 26.2 Å². The van der Waals surface area contributed by atoms with Crippen LogP contribution in [0.4, 0.5) is 0 Å². The predicted octanol–water partition coefficient (Wildman–Crippen LogP) is 9.56. The summed E-state index contributed by atoms with van der Waals surface area (Å²) in [5, 5.41) is 9.87. The average Bonchev–Trinajstić information content (AvgIpc) is 3.09. The first kappa shape index (κ1) is 35.0. The molecule has 0 bridgehead atoms. The normalized spacial score (nSPS) is 11.1. The van der Waals surface area contributed by atoms with Crippen LogP contribution < -0.4 is 0 Å². The summed E-state index contributed by atoms with van der Waals surface area (Å²) in [5.41, 5.74) is 15.8. The van der Waals surface area contributed by atoms with Crippen molar-refractivity contribution in [2.75, 3.05) is 0 Å². The van der Waals surface area contributed by atoms with Crippen LogP contribution in [0.15, 0.2) is 30.3 Å². The van der Waals surface area contributed by atoms with Crippen molar-refractivity contribution in [3.63, 3.8) is 0 Å². The van der Waals surface area contributed by atoms with Gasteiger partial charge >= 0.3 is 0 Å². The van der Waals surface area contributed by atoms with Crippen LogP contribution in [0.25, 0.3) is 5.41 Å². The summed E-state index contributed by atoms with van der Waals surface area (Å²) in [6.07, 6.45) is 0. The summed E-state index contributed by atoms with van der Waals surface area (Å²) in [6.45, 7) is 28.2. The van der Waals surface area contributed by atoms with Gasteiger partial charge in [-0.25, -0.2) is 0 Å². The summed E-state index contributed by atoms with van der Waals surface area (Å²) in [4.78, 5) is 0. The Morgan fingerprint density at radius 3 is 1.22 bits per heavy atom. The van der Waals surface area contributed by atoms with Crippen LogP contribution in [0, 0.1) is 74.7 Å². The first-order valence-electron chi connectivity index (χ1n) is 12.3. The minimum atomic E-state index is -0.0420. The molecule has 3 aromatic rings. The van der Waals surface area contributed by atoms with Crippen LogP contribution in [0.5, 0.6) is 0 Å². The molecule has 0 N–H and O–H groups in total. The van der Waals surface area contributed by atoms with Gasteiger partial charge in [-0.2, -0.15) is 60.3 Å². The fraction of sp³-hybridized carbons (Fsp3) is 0.438. The summed E-state index contributed by atoms with van der Waals surface area (Å²) in [6, 6.07) is 9.50. The third-order valence-corrected chi connectivity index (χ3v) is 9.74. The second-order valence-corrected chi connectivity index (χ2v) is 12.4. The molecule has 0 amide bonds. The summed E-state index contributed by atoms with van der Waals surface area (Å²) in [5.74, 6) is 0. The van der Waals surface area contributed by atoms with E-state index in [0.717, 1.165) is 18.4 Å². The van der Waals surface area contributed by atoms with Crippen LogP contribution in [0.1, 0.15) is 82.0 Å². The number of rotatable bonds is 2. The van der Waals surface area contributed by atoms with Crippen molar-refractivity contribution in [3.05, 3.63) is 96.9 Å². The minimum Gasteiger partial charge on any atom is -0.799 e. The van der Waals surface area contributed by atoms with Crippen LogP contribution in [-0.2, 0) is 38.8 Å². The molecule has 0 spiro atoms. The maximum absolute atomic E-state index is 9.87. The summed E-state index contributed by atoms with van der Waals surface area (Å²) in [7, 11) is 0.738. The summed E-state index contributed by atoms with van der Waals surface area (Å²) >= 11 is 5.27. The first-order chi connectivity index (χ1) is 16.0. The molecular formula is C32H44NPSZr-4. The molecule has 1 nitrogen and oxygen atoms in total. The van der Waals surface area contributed by atoms with Crippen molar-refractivity contribution in [3.8, 4) is 0 Å². The van der Waals surface area contributed by atoms with Gasteiger partial charge in [0.2, 0.25) is 0 Å².